The molecule has 4 nitrogen and oxygen atoms in total. The summed E-state index contributed by atoms with van der Waals surface area (Å²) in [4.78, 5) is 0.334. The van der Waals surface area contributed by atoms with Crippen molar-refractivity contribution >= 4 is 10.0 Å². The number of sulfonamides is 1. The van der Waals surface area contributed by atoms with Crippen LogP contribution in [-0.2, 0) is 16.4 Å². The van der Waals surface area contributed by atoms with Gasteiger partial charge in [-0.3, -0.25) is 0 Å². The Morgan fingerprint density at radius 2 is 1.75 bits per heavy atom. The number of hydrogen-bond acceptors (Lipinski definition) is 3. The van der Waals surface area contributed by atoms with Crippen LogP contribution < -0.4 is 10.0 Å². The van der Waals surface area contributed by atoms with Crippen LogP contribution in [0.1, 0.15) is 32.8 Å². The molecule has 0 saturated heterocycles. The summed E-state index contributed by atoms with van der Waals surface area (Å²) >= 11 is 0. The molecular formula is C15H26N2O2S. The normalized spacial score (nSPS) is 13.7. The lowest BCUT2D eigenvalue weighted by molar-refractivity contribution is 0.424. The maximum absolute atomic E-state index is 12.0. The Balaban J connectivity index is 2.78. The molecule has 0 saturated carbocycles. The summed E-state index contributed by atoms with van der Waals surface area (Å²) in [7, 11) is -1.40. The van der Waals surface area contributed by atoms with Gasteiger partial charge in [-0.25, -0.2) is 13.1 Å². The van der Waals surface area contributed by atoms with Crippen molar-refractivity contribution in [2.75, 3.05) is 13.6 Å². The van der Waals surface area contributed by atoms with E-state index in [0.717, 1.165) is 18.4 Å². The summed E-state index contributed by atoms with van der Waals surface area (Å²) < 4.78 is 26.5. The van der Waals surface area contributed by atoms with Gasteiger partial charge in [-0.2, -0.15) is 0 Å². The predicted molar refractivity (Wildman–Crippen MR) is 83.3 cm³/mol. The minimum atomic E-state index is -3.36. The van der Waals surface area contributed by atoms with Crippen LogP contribution in [-0.4, -0.2) is 28.1 Å². The van der Waals surface area contributed by atoms with E-state index >= 15 is 0 Å². The lowest BCUT2D eigenvalue weighted by atomic mass is 9.97. The Labute approximate surface area is 123 Å². The van der Waals surface area contributed by atoms with Crippen molar-refractivity contribution in [3.05, 3.63) is 29.8 Å². The molecule has 0 aliphatic carbocycles. The number of hydrogen-bond donors (Lipinski definition) is 2. The molecule has 0 fully saturated rings. The average Bonchev–Trinajstić information content (AvgIpc) is 2.42. The first-order valence-electron chi connectivity index (χ1n) is 7.16. The number of nitrogens with one attached hydrogen (secondary N) is 2. The Hall–Kier alpha value is -0.910. The van der Waals surface area contributed by atoms with E-state index in [-0.39, 0.29) is 0 Å². The fourth-order valence-corrected chi connectivity index (χ4v) is 3.18. The predicted octanol–water partition coefficient (Wildman–Crippen LogP) is 2.16. The van der Waals surface area contributed by atoms with Crippen LogP contribution >= 0.6 is 0 Å². The molecule has 0 amide bonds. The SMILES string of the molecule is CCCNS(=O)(=O)c1ccc(CC(NC)C(C)C)cc1. The minimum absolute atomic E-state index is 0.334. The molecular weight excluding hydrogens is 272 g/mol. The number of rotatable bonds is 8. The molecule has 0 aliphatic rings. The zero-order valence-corrected chi connectivity index (χ0v) is 13.6. The Morgan fingerprint density at radius 3 is 2.20 bits per heavy atom. The van der Waals surface area contributed by atoms with E-state index < -0.39 is 10.0 Å². The maximum Gasteiger partial charge on any atom is 0.240 e. The molecule has 1 aromatic carbocycles. The van der Waals surface area contributed by atoms with Crippen LogP contribution in [0.25, 0.3) is 0 Å². The summed E-state index contributed by atoms with van der Waals surface area (Å²) in [5.74, 6) is 0.537. The van der Waals surface area contributed by atoms with Crippen LogP contribution in [0.4, 0.5) is 0 Å². The van der Waals surface area contributed by atoms with Gasteiger partial charge in [-0.15, -0.1) is 0 Å². The molecule has 0 bridgehead atoms. The molecule has 114 valence electrons. The van der Waals surface area contributed by atoms with E-state index in [1.54, 1.807) is 12.1 Å². The molecule has 2 N–H and O–H groups in total. The third kappa shape index (κ3) is 4.89. The molecule has 0 aromatic heterocycles. The second-order valence-electron chi connectivity index (χ2n) is 5.39. The summed E-state index contributed by atoms with van der Waals surface area (Å²) in [6.45, 7) is 6.76. The van der Waals surface area contributed by atoms with Crippen LogP contribution in [0.3, 0.4) is 0 Å². The van der Waals surface area contributed by atoms with E-state index in [2.05, 4.69) is 23.9 Å². The second kappa shape index (κ2) is 7.76. The zero-order valence-electron chi connectivity index (χ0n) is 12.8. The fourth-order valence-electron chi connectivity index (χ4n) is 2.05. The van der Waals surface area contributed by atoms with Crippen molar-refractivity contribution in [1.29, 1.82) is 0 Å². The van der Waals surface area contributed by atoms with Crippen LogP contribution in [0.2, 0.25) is 0 Å². The van der Waals surface area contributed by atoms with Crippen LogP contribution in [0, 0.1) is 5.92 Å². The van der Waals surface area contributed by atoms with Crippen LogP contribution in [0.15, 0.2) is 29.2 Å². The summed E-state index contributed by atoms with van der Waals surface area (Å²) in [6, 6.07) is 7.55. The smallest absolute Gasteiger partial charge is 0.240 e. The monoisotopic (exact) mass is 298 g/mol. The quantitative estimate of drug-likeness (QED) is 0.773. The van der Waals surface area contributed by atoms with Gasteiger partial charge in [0.1, 0.15) is 0 Å². The Bertz CT molecular complexity index is 495. The molecule has 0 spiro atoms. The van der Waals surface area contributed by atoms with E-state index in [4.69, 9.17) is 0 Å². The van der Waals surface area contributed by atoms with Gasteiger partial charge in [-0.1, -0.05) is 32.9 Å². The van der Waals surface area contributed by atoms with E-state index in [1.807, 2.05) is 26.1 Å². The highest BCUT2D eigenvalue weighted by Gasteiger charge is 2.14. The molecule has 1 unspecified atom stereocenters. The Morgan fingerprint density at radius 1 is 1.15 bits per heavy atom. The lowest BCUT2D eigenvalue weighted by Gasteiger charge is -2.20. The first kappa shape index (κ1) is 17.1. The largest absolute Gasteiger partial charge is 0.316 e. The highest BCUT2D eigenvalue weighted by atomic mass is 32.2. The highest BCUT2D eigenvalue weighted by Crippen LogP contribution is 2.14. The van der Waals surface area contributed by atoms with Gasteiger partial charge >= 0.3 is 0 Å². The number of benzene rings is 1. The molecule has 0 aliphatic heterocycles. The van der Waals surface area contributed by atoms with Gasteiger partial charge in [-0.05, 0) is 43.5 Å². The first-order valence-corrected chi connectivity index (χ1v) is 8.65. The summed E-state index contributed by atoms with van der Waals surface area (Å²) in [6.07, 6.45) is 1.69. The molecule has 20 heavy (non-hydrogen) atoms. The van der Waals surface area contributed by atoms with Crippen LogP contribution in [0.5, 0.6) is 0 Å². The second-order valence-corrected chi connectivity index (χ2v) is 7.15. The lowest BCUT2D eigenvalue weighted by Crippen LogP contribution is -2.32. The Kier molecular flexibility index (Phi) is 6.65. The van der Waals surface area contributed by atoms with Gasteiger partial charge in [0, 0.05) is 12.6 Å². The third-order valence-electron chi connectivity index (χ3n) is 3.41. The topological polar surface area (TPSA) is 58.2 Å². The zero-order chi connectivity index (χ0) is 15.2. The standard InChI is InChI=1S/C15H26N2O2S/c1-5-10-17-20(18,19)14-8-6-13(7-9-14)11-15(16-4)12(2)3/h6-9,12,15-17H,5,10-11H2,1-4H3. The molecule has 5 heteroatoms. The van der Waals surface area contributed by atoms with Crippen molar-refractivity contribution in [3.63, 3.8) is 0 Å². The van der Waals surface area contributed by atoms with Gasteiger partial charge in [0.05, 0.1) is 4.90 Å². The molecule has 1 rings (SSSR count). The van der Waals surface area contributed by atoms with Crippen molar-refractivity contribution in [2.45, 2.75) is 44.6 Å². The summed E-state index contributed by atoms with van der Waals surface area (Å²) in [5, 5.41) is 3.29. The first-order chi connectivity index (χ1) is 9.40. The van der Waals surface area contributed by atoms with Gasteiger partial charge in [0.25, 0.3) is 0 Å². The molecule has 1 aromatic rings. The van der Waals surface area contributed by atoms with E-state index in [0.29, 0.717) is 23.4 Å². The molecule has 0 heterocycles. The van der Waals surface area contributed by atoms with Crippen molar-refractivity contribution in [2.24, 2.45) is 5.92 Å². The highest BCUT2D eigenvalue weighted by molar-refractivity contribution is 7.89. The average molecular weight is 298 g/mol. The van der Waals surface area contributed by atoms with Gasteiger partial charge < -0.3 is 5.32 Å². The van der Waals surface area contributed by atoms with E-state index in [9.17, 15) is 8.42 Å². The fraction of sp³-hybridized carbons (Fsp3) is 0.600. The number of likely N-dealkylation sites (N-methyl/N-ethyl adjacent to an activating group) is 1. The summed E-state index contributed by atoms with van der Waals surface area (Å²) in [5.41, 5.74) is 1.15. The minimum Gasteiger partial charge on any atom is -0.316 e. The van der Waals surface area contributed by atoms with Gasteiger partial charge in [0.2, 0.25) is 10.0 Å². The molecule has 1 atom stereocenters. The maximum atomic E-state index is 12.0. The molecule has 0 radical (unpaired) electrons. The van der Waals surface area contributed by atoms with Gasteiger partial charge in [0.15, 0.2) is 0 Å². The van der Waals surface area contributed by atoms with Crippen molar-refractivity contribution < 1.29 is 8.42 Å². The van der Waals surface area contributed by atoms with Crippen molar-refractivity contribution in [3.8, 4) is 0 Å². The van der Waals surface area contributed by atoms with E-state index in [1.165, 1.54) is 0 Å². The van der Waals surface area contributed by atoms with Crippen molar-refractivity contribution in [1.82, 2.24) is 10.0 Å². The third-order valence-corrected chi connectivity index (χ3v) is 4.88.